The Kier molecular flexibility index (Phi) is 14.4. The van der Waals surface area contributed by atoms with Gasteiger partial charge in [0, 0.05) is 42.4 Å². The van der Waals surface area contributed by atoms with Crippen molar-refractivity contribution >= 4 is 63.9 Å². The van der Waals surface area contributed by atoms with Crippen molar-refractivity contribution in [2.45, 2.75) is 33.1 Å². The second-order valence-electron chi connectivity index (χ2n) is 10.9. The minimum absolute atomic E-state index is 0.209. The van der Waals surface area contributed by atoms with Gasteiger partial charge in [0.25, 0.3) is 0 Å². The van der Waals surface area contributed by atoms with Gasteiger partial charge in [-0.3, -0.25) is 4.79 Å². The molecule has 0 aliphatic heterocycles. The van der Waals surface area contributed by atoms with Crippen LogP contribution in [-0.2, 0) is 14.3 Å². The summed E-state index contributed by atoms with van der Waals surface area (Å²) in [5.74, 6) is -0.445. The Morgan fingerprint density at radius 1 is 0.627 bits per heavy atom. The van der Waals surface area contributed by atoms with Crippen molar-refractivity contribution in [3.05, 3.63) is 122 Å². The molecule has 0 heterocycles. The summed E-state index contributed by atoms with van der Waals surface area (Å²) in [7, 11) is 0. The topological polar surface area (TPSA) is 130 Å². The number of hydrogen-bond acceptors (Lipinski definition) is 11. The van der Waals surface area contributed by atoms with Crippen LogP contribution in [0.25, 0.3) is 12.2 Å². The van der Waals surface area contributed by atoms with Crippen molar-refractivity contribution in [1.82, 2.24) is 0 Å². The number of carbonyl (C=O) groups excluding carboxylic acids is 2. The largest absolute Gasteiger partial charge is 0.463 e. The van der Waals surface area contributed by atoms with Gasteiger partial charge >= 0.3 is 11.9 Å². The smallest absolute Gasteiger partial charge is 0.330 e. The van der Waals surface area contributed by atoms with E-state index >= 15 is 0 Å². The number of esters is 2. The van der Waals surface area contributed by atoms with E-state index in [0.717, 1.165) is 41.7 Å². The number of rotatable bonds is 18. The van der Waals surface area contributed by atoms with Gasteiger partial charge < -0.3 is 14.4 Å². The van der Waals surface area contributed by atoms with Crippen molar-refractivity contribution in [2.75, 3.05) is 24.6 Å². The normalized spacial score (nSPS) is 11.2. The molecule has 51 heavy (non-hydrogen) atoms. The van der Waals surface area contributed by atoms with E-state index in [9.17, 15) is 9.59 Å². The maximum absolute atomic E-state index is 12.1. The van der Waals surface area contributed by atoms with E-state index in [1.54, 1.807) is 60.7 Å². The van der Waals surface area contributed by atoms with Crippen LogP contribution in [0.4, 0.5) is 39.8 Å². The Hall–Kier alpha value is -6.36. The molecule has 0 aliphatic rings. The van der Waals surface area contributed by atoms with E-state index in [1.807, 2.05) is 36.4 Å². The van der Waals surface area contributed by atoms with E-state index in [2.05, 4.69) is 69.2 Å². The third-order valence-corrected chi connectivity index (χ3v) is 7.56. The molecular formula is C40H41N7O4. The van der Waals surface area contributed by atoms with Crippen LogP contribution in [0, 0.1) is 0 Å². The average molecular weight is 684 g/mol. The van der Waals surface area contributed by atoms with Crippen molar-refractivity contribution in [1.29, 1.82) is 0 Å². The molecule has 0 amide bonds. The predicted octanol–water partition coefficient (Wildman–Crippen LogP) is 11.9. The lowest BCUT2D eigenvalue weighted by molar-refractivity contribution is -0.137. The molecule has 0 aliphatic carbocycles. The predicted molar refractivity (Wildman–Crippen MR) is 203 cm³/mol. The third-order valence-electron chi connectivity index (χ3n) is 7.56. The fourth-order valence-corrected chi connectivity index (χ4v) is 4.83. The summed E-state index contributed by atoms with van der Waals surface area (Å²) in [6.45, 7) is 17.6. The van der Waals surface area contributed by atoms with Crippen molar-refractivity contribution < 1.29 is 19.1 Å². The molecule has 0 unspecified atom stereocenters. The van der Waals surface area contributed by atoms with Gasteiger partial charge in [0.2, 0.25) is 0 Å². The summed E-state index contributed by atoms with van der Waals surface area (Å²) in [5.41, 5.74) is 6.51. The average Bonchev–Trinajstić information content (AvgIpc) is 3.16. The van der Waals surface area contributed by atoms with E-state index in [0.29, 0.717) is 47.0 Å². The summed E-state index contributed by atoms with van der Waals surface area (Å²) in [4.78, 5) is 25.4. The first-order valence-corrected chi connectivity index (χ1v) is 16.6. The van der Waals surface area contributed by atoms with Crippen LogP contribution >= 0.6 is 0 Å². The van der Waals surface area contributed by atoms with E-state index in [1.165, 1.54) is 0 Å². The first-order valence-electron chi connectivity index (χ1n) is 16.6. The molecule has 0 saturated heterocycles. The molecule has 0 radical (unpaired) electrons. The Balaban J connectivity index is 1.33. The zero-order chi connectivity index (χ0) is 36.4. The maximum atomic E-state index is 12.1. The molecule has 0 saturated carbocycles. The highest BCUT2D eigenvalue weighted by atomic mass is 16.5. The van der Waals surface area contributed by atoms with Gasteiger partial charge in [0.05, 0.1) is 40.7 Å². The van der Waals surface area contributed by atoms with Crippen molar-refractivity contribution in [3.8, 4) is 5.75 Å². The molecule has 260 valence electrons. The molecular weight excluding hydrogens is 642 g/mol. The lowest BCUT2D eigenvalue weighted by Crippen LogP contribution is -2.21. The fraction of sp³-hybridized carbons (Fsp3) is 0.200. The standard InChI is InChI=1S/C40H41N7O4/c1-6-35-36(7-2)38(46-44-31-18-22-33(23-19-31)47(9-4)10-5)27-26-37(35)45-43-30-16-14-29(15-17-30)41-42-32-20-24-34(25-21-32)51-40(49)13-11-12-28-50-39(48)8-3/h6-8,14-27H,1-3,9-13,28H2,4-5H3. The highest BCUT2D eigenvalue weighted by molar-refractivity contribution is 5.81. The zero-order valence-corrected chi connectivity index (χ0v) is 28.9. The van der Waals surface area contributed by atoms with Crippen LogP contribution in [0.1, 0.15) is 44.2 Å². The number of carbonyl (C=O) groups is 2. The van der Waals surface area contributed by atoms with E-state index in [-0.39, 0.29) is 19.0 Å². The van der Waals surface area contributed by atoms with Crippen LogP contribution in [0.15, 0.2) is 141 Å². The Bertz CT molecular complexity index is 1900. The number of benzene rings is 4. The van der Waals surface area contributed by atoms with Crippen LogP contribution in [-0.4, -0.2) is 31.6 Å². The van der Waals surface area contributed by atoms with Gasteiger partial charge in [-0.2, -0.15) is 20.5 Å². The van der Waals surface area contributed by atoms with Crippen LogP contribution in [0.3, 0.4) is 0 Å². The first-order chi connectivity index (χ1) is 24.9. The SMILES string of the molecule is C=CC(=O)OCCCCC(=O)Oc1ccc(N=Nc2ccc(N=Nc3ccc(N=Nc4ccc(N(CC)CC)cc4)c(C=C)c3C=C)cc2)cc1. The number of anilines is 1. The Morgan fingerprint density at radius 2 is 1.08 bits per heavy atom. The summed E-state index contributed by atoms with van der Waals surface area (Å²) in [5, 5.41) is 26.3. The monoisotopic (exact) mass is 683 g/mol. The third kappa shape index (κ3) is 11.4. The number of unbranched alkanes of at least 4 members (excludes halogenated alkanes) is 1. The van der Waals surface area contributed by atoms with E-state index in [4.69, 9.17) is 9.47 Å². The molecule has 0 atom stereocenters. The number of ether oxygens (including phenoxy) is 2. The number of hydrogen-bond donors (Lipinski definition) is 0. The van der Waals surface area contributed by atoms with Gasteiger partial charge in [-0.25, -0.2) is 4.79 Å². The van der Waals surface area contributed by atoms with Crippen LogP contribution in [0.2, 0.25) is 0 Å². The first kappa shape index (κ1) is 37.5. The Morgan fingerprint density at radius 3 is 1.53 bits per heavy atom. The van der Waals surface area contributed by atoms with Gasteiger partial charge in [-0.1, -0.05) is 31.9 Å². The quantitative estimate of drug-likeness (QED) is 0.0338. The zero-order valence-electron chi connectivity index (χ0n) is 28.9. The molecule has 0 N–H and O–H groups in total. The minimum atomic E-state index is -0.480. The summed E-state index contributed by atoms with van der Waals surface area (Å²) >= 11 is 0. The fourth-order valence-electron chi connectivity index (χ4n) is 4.83. The highest BCUT2D eigenvalue weighted by Gasteiger charge is 2.10. The molecule has 0 aromatic heterocycles. The minimum Gasteiger partial charge on any atom is -0.463 e. The number of azo groups is 3. The van der Waals surface area contributed by atoms with Crippen molar-refractivity contribution in [3.63, 3.8) is 0 Å². The van der Waals surface area contributed by atoms with Crippen LogP contribution in [0.5, 0.6) is 5.75 Å². The molecule has 0 bridgehead atoms. The molecule has 4 aromatic rings. The van der Waals surface area contributed by atoms with Crippen molar-refractivity contribution in [2.24, 2.45) is 30.7 Å². The van der Waals surface area contributed by atoms with Gasteiger partial charge in [-0.05, 0) is 112 Å². The summed E-state index contributed by atoms with van der Waals surface area (Å²) in [6.07, 6.45) is 5.83. The van der Waals surface area contributed by atoms with Crippen LogP contribution < -0.4 is 9.64 Å². The summed E-state index contributed by atoms with van der Waals surface area (Å²) < 4.78 is 10.2. The second kappa shape index (κ2) is 19.6. The van der Waals surface area contributed by atoms with Gasteiger partial charge in [-0.15, -0.1) is 10.2 Å². The Labute approximate surface area is 298 Å². The lowest BCUT2D eigenvalue weighted by Gasteiger charge is -2.20. The number of nitrogens with zero attached hydrogens (tertiary/aromatic N) is 7. The molecule has 0 fully saturated rings. The molecule has 11 nitrogen and oxygen atoms in total. The second-order valence-corrected chi connectivity index (χ2v) is 10.9. The lowest BCUT2D eigenvalue weighted by atomic mass is 10.0. The van der Waals surface area contributed by atoms with E-state index < -0.39 is 5.97 Å². The maximum Gasteiger partial charge on any atom is 0.330 e. The molecule has 4 aromatic carbocycles. The molecule has 4 rings (SSSR count). The highest BCUT2D eigenvalue weighted by Crippen LogP contribution is 2.35. The van der Waals surface area contributed by atoms with Gasteiger partial charge in [0.1, 0.15) is 5.75 Å². The van der Waals surface area contributed by atoms with Gasteiger partial charge in [0.15, 0.2) is 0 Å². The molecule has 11 heteroatoms. The summed E-state index contributed by atoms with van der Waals surface area (Å²) in [6, 6.07) is 25.5. The molecule has 0 spiro atoms.